The number of hydrogen-bond donors (Lipinski definition) is 0. The van der Waals surface area contributed by atoms with Gasteiger partial charge in [0.05, 0.1) is 5.69 Å². The van der Waals surface area contributed by atoms with Gasteiger partial charge in [-0.15, -0.1) is 0 Å². The Morgan fingerprint density at radius 1 is 1.16 bits per heavy atom. The number of hydrogen-bond acceptors (Lipinski definition) is 3. The Labute approximate surface area is 119 Å². The Morgan fingerprint density at radius 3 is 2.47 bits per heavy atom. The maximum absolute atomic E-state index is 5.77. The quantitative estimate of drug-likeness (QED) is 0.613. The van der Waals surface area contributed by atoms with Gasteiger partial charge >= 0.3 is 0 Å². The number of benzene rings is 2. The highest BCUT2D eigenvalue weighted by Gasteiger charge is 2.12. The zero-order valence-corrected chi connectivity index (χ0v) is 12.3. The lowest BCUT2D eigenvalue weighted by Crippen LogP contribution is -2.13. The second-order valence-corrected chi connectivity index (χ2v) is 5.07. The lowest BCUT2D eigenvalue weighted by molar-refractivity contribution is 0.566. The van der Waals surface area contributed by atoms with Crippen LogP contribution in [0.25, 0.3) is 10.8 Å². The Hall–Kier alpha value is -1.87. The Kier molecular flexibility index (Phi) is 3.86. The van der Waals surface area contributed by atoms with Crippen molar-refractivity contribution >= 4 is 33.7 Å². The van der Waals surface area contributed by atoms with Crippen LogP contribution in [-0.2, 0) is 0 Å². The van der Waals surface area contributed by atoms with Crippen molar-refractivity contribution in [2.45, 2.75) is 6.92 Å². The molecule has 0 aromatic heterocycles. The van der Waals surface area contributed by atoms with Gasteiger partial charge < -0.3 is 9.64 Å². The molecule has 0 amide bonds. The molecular formula is C16H17NOS. The SMILES string of the molecule is C=C(C)C(=S)Oc1ccc2ccccc2c1N(C)C. The average molecular weight is 271 g/mol. The Morgan fingerprint density at radius 2 is 1.84 bits per heavy atom. The van der Waals surface area contributed by atoms with Crippen molar-refractivity contribution in [3.63, 3.8) is 0 Å². The molecule has 0 unspecified atom stereocenters. The molecule has 0 fully saturated rings. The third-order valence-electron chi connectivity index (χ3n) is 2.86. The standard InChI is InChI=1S/C16H17NOS/c1-11(2)16(19)18-14-10-9-12-7-5-6-8-13(12)15(14)17(3)4/h5-10H,1H2,2-4H3. The molecule has 0 saturated heterocycles. The van der Waals surface area contributed by atoms with E-state index < -0.39 is 0 Å². The molecule has 2 aromatic carbocycles. The van der Waals surface area contributed by atoms with E-state index in [1.54, 1.807) is 0 Å². The monoisotopic (exact) mass is 271 g/mol. The highest BCUT2D eigenvalue weighted by atomic mass is 32.1. The van der Waals surface area contributed by atoms with Gasteiger partial charge in [0, 0.05) is 19.5 Å². The highest BCUT2D eigenvalue weighted by Crippen LogP contribution is 2.35. The molecule has 2 nitrogen and oxygen atoms in total. The normalized spacial score (nSPS) is 10.3. The number of thiocarbonyl (C=S) groups is 1. The van der Waals surface area contributed by atoms with Gasteiger partial charge in [0.15, 0.2) is 10.8 Å². The molecule has 0 N–H and O–H groups in total. The minimum atomic E-state index is 0.429. The van der Waals surface area contributed by atoms with Crippen molar-refractivity contribution in [1.29, 1.82) is 0 Å². The van der Waals surface area contributed by atoms with Gasteiger partial charge in [0.25, 0.3) is 0 Å². The van der Waals surface area contributed by atoms with E-state index in [1.807, 2.05) is 50.2 Å². The van der Waals surface area contributed by atoms with Crippen molar-refractivity contribution in [1.82, 2.24) is 0 Å². The van der Waals surface area contributed by atoms with E-state index >= 15 is 0 Å². The summed E-state index contributed by atoms with van der Waals surface area (Å²) in [5, 5.41) is 2.76. The van der Waals surface area contributed by atoms with Crippen LogP contribution in [0.3, 0.4) is 0 Å². The van der Waals surface area contributed by atoms with E-state index in [-0.39, 0.29) is 0 Å². The molecule has 2 rings (SSSR count). The van der Waals surface area contributed by atoms with Crippen molar-refractivity contribution in [3.05, 3.63) is 48.6 Å². The van der Waals surface area contributed by atoms with Gasteiger partial charge in [-0.3, -0.25) is 0 Å². The number of nitrogens with zero attached hydrogens (tertiary/aromatic N) is 1. The van der Waals surface area contributed by atoms with Crippen LogP contribution in [0.4, 0.5) is 5.69 Å². The summed E-state index contributed by atoms with van der Waals surface area (Å²) in [6.07, 6.45) is 0. The van der Waals surface area contributed by atoms with E-state index in [1.165, 1.54) is 5.39 Å². The van der Waals surface area contributed by atoms with Gasteiger partial charge in [-0.25, -0.2) is 0 Å². The number of ether oxygens (including phenoxy) is 1. The fraction of sp³-hybridized carbons (Fsp3) is 0.188. The largest absolute Gasteiger partial charge is 0.443 e. The fourth-order valence-corrected chi connectivity index (χ4v) is 2.06. The van der Waals surface area contributed by atoms with Gasteiger partial charge in [0.2, 0.25) is 0 Å². The zero-order valence-electron chi connectivity index (χ0n) is 11.4. The first-order valence-electron chi connectivity index (χ1n) is 6.07. The molecular weight excluding hydrogens is 254 g/mol. The summed E-state index contributed by atoms with van der Waals surface area (Å²) in [7, 11) is 4.00. The Bertz CT molecular complexity index is 646. The molecule has 2 aromatic rings. The van der Waals surface area contributed by atoms with Gasteiger partial charge in [-0.05, 0) is 36.2 Å². The van der Waals surface area contributed by atoms with Gasteiger partial charge in [-0.1, -0.05) is 36.9 Å². The highest BCUT2D eigenvalue weighted by molar-refractivity contribution is 7.80. The smallest absolute Gasteiger partial charge is 0.193 e. The number of fused-ring (bicyclic) bond motifs is 1. The second kappa shape index (κ2) is 5.41. The number of rotatable bonds is 3. The minimum Gasteiger partial charge on any atom is -0.443 e. The predicted molar refractivity (Wildman–Crippen MR) is 86.3 cm³/mol. The summed E-state index contributed by atoms with van der Waals surface area (Å²) >= 11 is 5.19. The van der Waals surface area contributed by atoms with Crippen LogP contribution < -0.4 is 9.64 Å². The number of anilines is 1. The first-order valence-corrected chi connectivity index (χ1v) is 6.48. The summed E-state index contributed by atoms with van der Waals surface area (Å²) in [4.78, 5) is 2.04. The lowest BCUT2D eigenvalue weighted by atomic mass is 10.1. The van der Waals surface area contributed by atoms with Gasteiger partial charge in [-0.2, -0.15) is 0 Å². The van der Waals surface area contributed by atoms with Crippen molar-refractivity contribution in [2.75, 3.05) is 19.0 Å². The molecule has 0 aliphatic rings. The van der Waals surface area contributed by atoms with Gasteiger partial charge in [0.1, 0.15) is 0 Å². The molecule has 0 atom stereocenters. The zero-order chi connectivity index (χ0) is 14.0. The Balaban J connectivity index is 2.58. The molecule has 0 spiro atoms. The maximum atomic E-state index is 5.77. The van der Waals surface area contributed by atoms with Crippen LogP contribution in [0.2, 0.25) is 0 Å². The average Bonchev–Trinajstić information content (AvgIpc) is 2.37. The molecule has 19 heavy (non-hydrogen) atoms. The molecule has 0 saturated carbocycles. The molecule has 98 valence electrons. The molecule has 0 radical (unpaired) electrons. The van der Waals surface area contributed by atoms with Crippen LogP contribution in [-0.4, -0.2) is 19.1 Å². The van der Waals surface area contributed by atoms with E-state index in [0.29, 0.717) is 5.05 Å². The van der Waals surface area contributed by atoms with Crippen LogP contribution in [0, 0.1) is 0 Å². The molecule has 0 heterocycles. The lowest BCUT2D eigenvalue weighted by Gasteiger charge is -2.20. The van der Waals surface area contributed by atoms with Crippen molar-refractivity contribution in [3.8, 4) is 5.75 Å². The fourth-order valence-electron chi connectivity index (χ4n) is 1.97. The first-order chi connectivity index (χ1) is 9.00. The topological polar surface area (TPSA) is 12.5 Å². The van der Waals surface area contributed by atoms with Crippen LogP contribution >= 0.6 is 12.2 Å². The third kappa shape index (κ3) is 2.76. The van der Waals surface area contributed by atoms with Crippen LogP contribution in [0.5, 0.6) is 5.75 Å². The predicted octanol–water partition coefficient (Wildman–Crippen LogP) is 4.19. The van der Waals surface area contributed by atoms with Crippen LogP contribution in [0.15, 0.2) is 48.6 Å². The van der Waals surface area contributed by atoms with E-state index in [2.05, 4.69) is 18.7 Å². The van der Waals surface area contributed by atoms with E-state index in [4.69, 9.17) is 17.0 Å². The molecule has 0 bridgehead atoms. The first kappa shape index (κ1) is 13.6. The second-order valence-electron chi connectivity index (χ2n) is 4.70. The molecule has 0 aliphatic carbocycles. The summed E-state index contributed by atoms with van der Waals surface area (Å²) < 4.78 is 5.77. The summed E-state index contributed by atoms with van der Waals surface area (Å²) in [6, 6.07) is 12.2. The molecule has 0 aliphatic heterocycles. The summed E-state index contributed by atoms with van der Waals surface area (Å²) in [6.45, 7) is 5.65. The van der Waals surface area contributed by atoms with Crippen molar-refractivity contribution in [2.24, 2.45) is 0 Å². The van der Waals surface area contributed by atoms with E-state index in [9.17, 15) is 0 Å². The summed E-state index contributed by atoms with van der Waals surface area (Å²) in [5.74, 6) is 0.761. The van der Waals surface area contributed by atoms with Crippen molar-refractivity contribution < 1.29 is 4.74 Å². The summed E-state index contributed by atoms with van der Waals surface area (Å²) in [5.41, 5.74) is 1.79. The van der Waals surface area contributed by atoms with E-state index in [0.717, 1.165) is 22.4 Å². The maximum Gasteiger partial charge on any atom is 0.193 e. The molecule has 3 heteroatoms. The third-order valence-corrected chi connectivity index (χ3v) is 3.29. The van der Waals surface area contributed by atoms with Crippen LogP contribution in [0.1, 0.15) is 6.92 Å². The minimum absolute atomic E-state index is 0.429.